The van der Waals surface area contributed by atoms with E-state index in [0.29, 0.717) is 25.9 Å². The number of nitrogens with one attached hydrogen (secondary N) is 3. The van der Waals surface area contributed by atoms with Crippen molar-refractivity contribution in [2.24, 2.45) is 27.6 Å². The Balaban J connectivity index is 1.12. The number of hydrogen-bond acceptors (Lipinski definition) is 12. The predicted octanol–water partition coefficient (Wildman–Crippen LogP) is 3.76. The smallest absolute Gasteiger partial charge is 0.466 e. The summed E-state index contributed by atoms with van der Waals surface area (Å²) >= 11 is 0. The molecule has 0 aromatic carbocycles. The van der Waals surface area contributed by atoms with Crippen molar-refractivity contribution >= 4 is 36.2 Å². The summed E-state index contributed by atoms with van der Waals surface area (Å²) in [4.78, 5) is 72.6. The van der Waals surface area contributed by atoms with Crippen molar-refractivity contribution in [3.05, 3.63) is 0 Å². The molecule has 0 aromatic heterocycles. The summed E-state index contributed by atoms with van der Waals surface area (Å²) in [5.41, 5.74) is -0.720. The van der Waals surface area contributed by atoms with Gasteiger partial charge in [-0.25, -0.2) is 14.4 Å². The molecule has 2 aliphatic carbocycles. The van der Waals surface area contributed by atoms with E-state index in [1.165, 1.54) is 0 Å². The van der Waals surface area contributed by atoms with Crippen LogP contribution in [-0.4, -0.2) is 94.0 Å². The molecule has 49 heavy (non-hydrogen) atoms. The molecule has 2 saturated carbocycles. The summed E-state index contributed by atoms with van der Waals surface area (Å²) in [7, 11) is 0. The van der Waals surface area contributed by atoms with Gasteiger partial charge < -0.3 is 44.4 Å². The molecule has 2 heterocycles. The molecule has 6 unspecified atom stereocenters. The number of carbonyl (C=O) groups excluding carboxylic acids is 6. The van der Waals surface area contributed by atoms with E-state index in [1.807, 2.05) is 0 Å². The SMILES string of the molecule is CC1(C)CC(CC(=O)OCCCOC(=O)NCC2(C)CC(NC(=O)C3COC(=O)O3)CC(C)(C)C2)CC(C)(CNC(=O)C2COC(=O)O2)C1. The van der Waals surface area contributed by atoms with Crippen LogP contribution in [0.25, 0.3) is 0 Å². The van der Waals surface area contributed by atoms with Crippen molar-refractivity contribution in [2.45, 2.75) is 111 Å². The van der Waals surface area contributed by atoms with Gasteiger partial charge in [-0.2, -0.15) is 0 Å². The van der Waals surface area contributed by atoms with Crippen LogP contribution in [0.2, 0.25) is 0 Å². The first-order valence-corrected chi connectivity index (χ1v) is 17.1. The second kappa shape index (κ2) is 15.4. The highest BCUT2D eigenvalue weighted by atomic mass is 16.8. The Labute approximate surface area is 287 Å². The van der Waals surface area contributed by atoms with Gasteiger partial charge in [-0.15, -0.1) is 0 Å². The van der Waals surface area contributed by atoms with Gasteiger partial charge in [-0.1, -0.05) is 41.5 Å². The lowest BCUT2D eigenvalue weighted by Crippen LogP contribution is -2.52. The molecule has 6 atom stereocenters. The van der Waals surface area contributed by atoms with E-state index >= 15 is 0 Å². The average molecular weight is 696 g/mol. The zero-order valence-electron chi connectivity index (χ0n) is 29.6. The van der Waals surface area contributed by atoms with Gasteiger partial charge in [0.1, 0.15) is 13.2 Å². The minimum atomic E-state index is -0.957. The van der Waals surface area contributed by atoms with Gasteiger partial charge in [0.25, 0.3) is 11.8 Å². The molecule has 0 radical (unpaired) electrons. The van der Waals surface area contributed by atoms with E-state index < -0.39 is 42.4 Å². The van der Waals surface area contributed by atoms with Crippen molar-refractivity contribution in [2.75, 3.05) is 39.5 Å². The van der Waals surface area contributed by atoms with E-state index in [2.05, 4.69) is 57.5 Å². The third-order valence-electron chi connectivity index (χ3n) is 9.67. The number of ether oxygens (including phenoxy) is 6. The maximum atomic E-state index is 12.7. The first kappa shape index (κ1) is 38.0. The van der Waals surface area contributed by atoms with Crippen LogP contribution >= 0.6 is 0 Å². The van der Waals surface area contributed by atoms with E-state index in [4.69, 9.17) is 28.4 Å². The van der Waals surface area contributed by atoms with E-state index in [9.17, 15) is 28.8 Å². The monoisotopic (exact) mass is 695 g/mol. The van der Waals surface area contributed by atoms with Crippen LogP contribution in [0.1, 0.15) is 92.9 Å². The molecule has 4 fully saturated rings. The molecular formula is C34H53N3O12. The Morgan fingerprint density at radius 1 is 0.714 bits per heavy atom. The number of cyclic esters (lactones) is 4. The standard InChI is InChI=1S/C34H53N3O12/c1-31(2)11-21(12-33(5,17-31)19-35-26(39)23-15-46-29(42)48-23)10-25(38)44-8-7-9-45-28(41)36-20-34(6)14-22(13-32(3,4)18-34)37-27(40)24-16-47-30(43)49-24/h21-24H,7-20H2,1-6H3,(H,35,39)(H,36,41)(H,37,40). The fourth-order valence-electron chi connectivity index (χ4n) is 8.66. The number of amides is 3. The molecule has 0 spiro atoms. The molecule has 2 saturated heterocycles. The molecule has 0 bridgehead atoms. The summed E-state index contributed by atoms with van der Waals surface area (Å²) in [6, 6.07) is -0.164. The van der Waals surface area contributed by atoms with Crippen LogP contribution in [0, 0.1) is 27.6 Å². The Morgan fingerprint density at radius 2 is 1.27 bits per heavy atom. The number of rotatable bonds is 13. The largest absolute Gasteiger partial charge is 0.509 e. The van der Waals surface area contributed by atoms with Gasteiger partial charge in [0, 0.05) is 32.0 Å². The third-order valence-corrected chi connectivity index (χ3v) is 9.67. The number of alkyl carbamates (subject to hydrolysis) is 1. The number of carbonyl (C=O) groups is 6. The topological polar surface area (TPSA) is 194 Å². The molecule has 276 valence electrons. The average Bonchev–Trinajstić information content (AvgIpc) is 3.61. The quantitative estimate of drug-likeness (QED) is 0.144. The highest BCUT2D eigenvalue weighted by Gasteiger charge is 2.44. The van der Waals surface area contributed by atoms with Gasteiger partial charge in [0.15, 0.2) is 0 Å². The lowest BCUT2D eigenvalue weighted by molar-refractivity contribution is -0.146. The minimum absolute atomic E-state index is 0.0480. The van der Waals surface area contributed by atoms with Crippen molar-refractivity contribution in [3.63, 3.8) is 0 Å². The first-order chi connectivity index (χ1) is 22.8. The maximum Gasteiger partial charge on any atom is 0.509 e. The van der Waals surface area contributed by atoms with Crippen molar-refractivity contribution in [3.8, 4) is 0 Å². The van der Waals surface area contributed by atoms with Crippen molar-refractivity contribution in [1.82, 2.24) is 16.0 Å². The zero-order chi connectivity index (χ0) is 36.0. The normalized spacial score (nSPS) is 31.6. The van der Waals surface area contributed by atoms with Gasteiger partial charge in [0.05, 0.1) is 13.2 Å². The Hall–Kier alpha value is -3.78. The van der Waals surface area contributed by atoms with Crippen LogP contribution in [0.4, 0.5) is 14.4 Å². The molecule has 0 aromatic rings. The molecular weight excluding hydrogens is 642 g/mol. The van der Waals surface area contributed by atoms with Crippen molar-refractivity contribution < 1.29 is 57.2 Å². The summed E-state index contributed by atoms with van der Waals surface area (Å²) in [5, 5.41) is 8.71. The van der Waals surface area contributed by atoms with E-state index in [1.54, 1.807) is 0 Å². The Kier molecular flexibility index (Phi) is 12.0. The highest BCUT2D eigenvalue weighted by molar-refractivity contribution is 5.85. The number of hydrogen-bond donors (Lipinski definition) is 3. The fourth-order valence-corrected chi connectivity index (χ4v) is 8.66. The second-order valence-electron chi connectivity index (χ2n) is 16.5. The van der Waals surface area contributed by atoms with Gasteiger partial charge in [-0.05, 0) is 66.1 Å². The molecule has 15 heteroatoms. The lowest BCUT2D eigenvalue weighted by atomic mass is 9.60. The number of esters is 1. The summed E-state index contributed by atoms with van der Waals surface area (Å²) in [5.74, 6) is -1.03. The molecule has 15 nitrogen and oxygen atoms in total. The van der Waals surface area contributed by atoms with Crippen LogP contribution in [0.3, 0.4) is 0 Å². The lowest BCUT2D eigenvalue weighted by Gasteiger charge is -2.47. The Bertz CT molecular complexity index is 1270. The first-order valence-electron chi connectivity index (χ1n) is 17.1. The highest BCUT2D eigenvalue weighted by Crippen LogP contribution is 2.49. The zero-order valence-corrected chi connectivity index (χ0v) is 29.6. The molecule has 3 N–H and O–H groups in total. The van der Waals surface area contributed by atoms with Gasteiger partial charge in [0.2, 0.25) is 12.2 Å². The van der Waals surface area contributed by atoms with Crippen LogP contribution < -0.4 is 16.0 Å². The van der Waals surface area contributed by atoms with Crippen LogP contribution in [-0.2, 0) is 42.8 Å². The van der Waals surface area contributed by atoms with E-state index in [0.717, 1.165) is 32.1 Å². The van der Waals surface area contributed by atoms with Crippen LogP contribution in [0.5, 0.6) is 0 Å². The minimum Gasteiger partial charge on any atom is -0.466 e. The summed E-state index contributed by atoms with van der Waals surface area (Å²) < 4.78 is 30.0. The molecule has 4 rings (SSSR count). The molecule has 2 aliphatic heterocycles. The predicted molar refractivity (Wildman–Crippen MR) is 172 cm³/mol. The van der Waals surface area contributed by atoms with E-state index in [-0.39, 0.29) is 72.4 Å². The van der Waals surface area contributed by atoms with Gasteiger partial charge >= 0.3 is 24.4 Å². The van der Waals surface area contributed by atoms with Crippen LogP contribution in [0.15, 0.2) is 0 Å². The fraction of sp³-hybridized carbons (Fsp3) is 0.824. The second-order valence-corrected chi connectivity index (χ2v) is 16.5. The third kappa shape index (κ3) is 11.7. The summed E-state index contributed by atoms with van der Waals surface area (Å²) in [6.07, 6.45) is 1.04. The molecule has 4 aliphatic rings. The Morgan fingerprint density at radius 3 is 1.88 bits per heavy atom. The molecule has 3 amide bonds. The summed E-state index contributed by atoms with van der Waals surface area (Å²) in [6.45, 7) is 13.4. The van der Waals surface area contributed by atoms with Crippen molar-refractivity contribution in [1.29, 1.82) is 0 Å². The van der Waals surface area contributed by atoms with Gasteiger partial charge in [-0.3, -0.25) is 14.4 Å². The maximum absolute atomic E-state index is 12.7.